The lowest BCUT2D eigenvalue weighted by molar-refractivity contribution is -0.127. The second-order valence-corrected chi connectivity index (χ2v) is 6.17. The van der Waals surface area contributed by atoms with Crippen LogP contribution in [0.25, 0.3) is 0 Å². The van der Waals surface area contributed by atoms with Gasteiger partial charge in [0.2, 0.25) is 5.91 Å². The van der Waals surface area contributed by atoms with E-state index in [1.54, 1.807) is 11.8 Å². The molecular weight excluding hydrogens is 246 g/mol. The largest absolute Gasteiger partial charge is 0.342 e. The number of nitriles is 1. The fourth-order valence-corrected chi connectivity index (χ4v) is 3.73. The molecule has 0 aromatic heterocycles. The first-order valence-electron chi connectivity index (χ1n) is 6.67. The molecule has 1 saturated heterocycles. The molecule has 1 N–H and O–H groups in total. The van der Waals surface area contributed by atoms with E-state index in [2.05, 4.69) is 11.4 Å². The molecule has 0 aromatic rings. The van der Waals surface area contributed by atoms with Gasteiger partial charge in [-0.3, -0.25) is 4.79 Å². The molecule has 1 unspecified atom stereocenters. The highest BCUT2D eigenvalue weighted by molar-refractivity contribution is 8.00. The van der Waals surface area contributed by atoms with E-state index < -0.39 is 5.54 Å². The highest BCUT2D eigenvalue weighted by atomic mass is 32.2. The van der Waals surface area contributed by atoms with Gasteiger partial charge in [0.1, 0.15) is 5.54 Å². The quantitative estimate of drug-likeness (QED) is 0.786. The van der Waals surface area contributed by atoms with Gasteiger partial charge in [0, 0.05) is 18.8 Å². The Kier molecular flexibility index (Phi) is 4.52. The summed E-state index contributed by atoms with van der Waals surface area (Å²) in [5, 5.41) is 12.5. The number of thioether (sulfide) groups is 1. The smallest absolute Gasteiger partial charge is 0.232 e. The number of amides is 1. The minimum Gasteiger partial charge on any atom is -0.342 e. The van der Waals surface area contributed by atoms with Gasteiger partial charge in [0.05, 0.1) is 11.8 Å². The van der Waals surface area contributed by atoms with Gasteiger partial charge in [0.25, 0.3) is 0 Å². The molecule has 100 valence electrons. The predicted octanol–water partition coefficient (Wildman–Crippen LogP) is 1.23. The maximum atomic E-state index is 11.9. The molecule has 1 aliphatic heterocycles. The van der Waals surface area contributed by atoms with Crippen LogP contribution in [0.4, 0.5) is 0 Å². The van der Waals surface area contributed by atoms with Crippen LogP contribution < -0.4 is 5.32 Å². The van der Waals surface area contributed by atoms with Crippen molar-refractivity contribution in [2.24, 2.45) is 5.92 Å². The number of carbonyl (C=O) groups is 1. The van der Waals surface area contributed by atoms with Gasteiger partial charge < -0.3 is 10.2 Å². The molecule has 2 fully saturated rings. The van der Waals surface area contributed by atoms with Crippen molar-refractivity contribution in [3.63, 3.8) is 0 Å². The van der Waals surface area contributed by atoms with E-state index >= 15 is 0 Å². The van der Waals surface area contributed by atoms with Crippen molar-refractivity contribution in [3.05, 3.63) is 0 Å². The molecule has 1 heterocycles. The van der Waals surface area contributed by atoms with Crippen molar-refractivity contribution in [2.45, 2.75) is 31.2 Å². The Morgan fingerprint density at radius 1 is 1.50 bits per heavy atom. The zero-order valence-corrected chi connectivity index (χ0v) is 11.8. The molecule has 18 heavy (non-hydrogen) atoms. The van der Waals surface area contributed by atoms with Crippen LogP contribution >= 0.6 is 11.8 Å². The number of carbonyl (C=O) groups excluding carboxylic acids is 1. The van der Waals surface area contributed by atoms with Crippen LogP contribution in [0.15, 0.2) is 0 Å². The van der Waals surface area contributed by atoms with Gasteiger partial charge in [-0.2, -0.15) is 5.26 Å². The zero-order valence-electron chi connectivity index (χ0n) is 10.9. The van der Waals surface area contributed by atoms with Crippen LogP contribution in [-0.2, 0) is 4.79 Å². The molecule has 0 radical (unpaired) electrons. The highest BCUT2D eigenvalue weighted by Gasteiger charge is 2.44. The summed E-state index contributed by atoms with van der Waals surface area (Å²) in [6.07, 6.45) is 4.54. The fraction of sp³-hybridized carbons (Fsp3) is 0.846. The molecule has 2 rings (SSSR count). The summed E-state index contributed by atoms with van der Waals surface area (Å²) in [6, 6.07) is 2.41. The third kappa shape index (κ3) is 2.99. The lowest BCUT2D eigenvalue weighted by atomic mass is 9.98. The lowest BCUT2D eigenvalue weighted by Gasteiger charge is -2.25. The second-order valence-electron chi connectivity index (χ2n) is 5.19. The van der Waals surface area contributed by atoms with E-state index in [0.717, 1.165) is 38.8 Å². The summed E-state index contributed by atoms with van der Waals surface area (Å²) in [7, 11) is 1.85. The Balaban J connectivity index is 1.76. The monoisotopic (exact) mass is 267 g/mol. The molecule has 1 atom stereocenters. The van der Waals surface area contributed by atoms with Crippen LogP contribution in [-0.4, -0.2) is 48.0 Å². The summed E-state index contributed by atoms with van der Waals surface area (Å²) in [5.74, 6) is 1.93. The molecule has 2 aliphatic rings. The van der Waals surface area contributed by atoms with E-state index in [-0.39, 0.29) is 5.91 Å². The molecule has 0 bridgehead atoms. The minimum atomic E-state index is -0.421. The SMILES string of the molecule is CNC(C#N)(CSCC(=O)N1CCCC1)C1CC1. The van der Waals surface area contributed by atoms with Crippen LogP contribution in [0.2, 0.25) is 0 Å². The van der Waals surface area contributed by atoms with E-state index in [4.69, 9.17) is 0 Å². The molecule has 4 nitrogen and oxygen atoms in total. The van der Waals surface area contributed by atoms with Gasteiger partial charge in [-0.05, 0) is 38.6 Å². The zero-order chi connectivity index (χ0) is 13.0. The number of rotatable bonds is 6. The van der Waals surface area contributed by atoms with Crippen molar-refractivity contribution >= 4 is 17.7 Å². The van der Waals surface area contributed by atoms with Crippen molar-refractivity contribution in [2.75, 3.05) is 31.6 Å². The molecule has 0 aromatic carbocycles. The third-order valence-corrected chi connectivity index (χ3v) is 5.04. The van der Waals surface area contributed by atoms with Crippen molar-refractivity contribution < 1.29 is 4.79 Å². The Hall–Kier alpha value is -0.730. The van der Waals surface area contributed by atoms with E-state index in [1.165, 1.54) is 0 Å². The van der Waals surface area contributed by atoms with Gasteiger partial charge in [-0.15, -0.1) is 11.8 Å². The van der Waals surface area contributed by atoms with Crippen molar-refractivity contribution in [3.8, 4) is 6.07 Å². The average Bonchev–Trinajstić information content (AvgIpc) is 3.09. The van der Waals surface area contributed by atoms with Crippen LogP contribution in [0, 0.1) is 17.2 Å². The highest BCUT2D eigenvalue weighted by Crippen LogP contribution is 2.40. The topological polar surface area (TPSA) is 56.1 Å². The lowest BCUT2D eigenvalue weighted by Crippen LogP contribution is -2.46. The molecule has 1 amide bonds. The third-order valence-electron chi connectivity index (χ3n) is 3.93. The average molecular weight is 267 g/mol. The van der Waals surface area contributed by atoms with Gasteiger partial charge in [-0.1, -0.05) is 0 Å². The van der Waals surface area contributed by atoms with Gasteiger partial charge in [-0.25, -0.2) is 0 Å². The summed E-state index contributed by atoms with van der Waals surface area (Å²) in [4.78, 5) is 13.8. The van der Waals surface area contributed by atoms with Gasteiger partial charge in [0.15, 0.2) is 0 Å². The first-order valence-corrected chi connectivity index (χ1v) is 7.83. The number of nitrogens with zero attached hydrogens (tertiary/aromatic N) is 2. The maximum absolute atomic E-state index is 11.9. The first kappa shape index (κ1) is 13.7. The number of hydrogen-bond acceptors (Lipinski definition) is 4. The fourth-order valence-electron chi connectivity index (χ4n) is 2.51. The molecule has 1 saturated carbocycles. The molecule has 1 aliphatic carbocycles. The van der Waals surface area contributed by atoms with Gasteiger partial charge >= 0.3 is 0 Å². The Bertz CT molecular complexity index is 345. The summed E-state index contributed by atoms with van der Waals surface area (Å²) >= 11 is 1.60. The minimum absolute atomic E-state index is 0.233. The summed E-state index contributed by atoms with van der Waals surface area (Å²) in [6.45, 7) is 1.83. The standard InChI is InChI=1S/C13H21N3OS/c1-15-13(9-14,11-4-5-11)10-18-8-12(17)16-6-2-3-7-16/h11,15H,2-8,10H2,1H3. The first-order chi connectivity index (χ1) is 8.72. The number of nitrogens with one attached hydrogen (secondary N) is 1. The molecule has 5 heteroatoms. The van der Waals surface area contributed by atoms with Crippen molar-refractivity contribution in [1.29, 1.82) is 5.26 Å². The summed E-state index contributed by atoms with van der Waals surface area (Å²) < 4.78 is 0. The van der Waals surface area contributed by atoms with E-state index in [1.807, 2.05) is 11.9 Å². The molecule has 0 spiro atoms. The van der Waals surface area contributed by atoms with E-state index in [9.17, 15) is 10.1 Å². The predicted molar refractivity (Wildman–Crippen MR) is 73.3 cm³/mol. The van der Waals surface area contributed by atoms with Crippen LogP contribution in [0.1, 0.15) is 25.7 Å². The number of likely N-dealkylation sites (tertiary alicyclic amines) is 1. The van der Waals surface area contributed by atoms with E-state index in [0.29, 0.717) is 17.4 Å². The maximum Gasteiger partial charge on any atom is 0.232 e. The van der Waals surface area contributed by atoms with Crippen LogP contribution in [0.3, 0.4) is 0 Å². The second kappa shape index (κ2) is 5.94. The van der Waals surface area contributed by atoms with Crippen LogP contribution in [0.5, 0.6) is 0 Å². The Morgan fingerprint density at radius 3 is 2.67 bits per heavy atom. The van der Waals surface area contributed by atoms with Crippen molar-refractivity contribution in [1.82, 2.24) is 10.2 Å². The number of hydrogen-bond donors (Lipinski definition) is 1. The Morgan fingerprint density at radius 2 is 2.17 bits per heavy atom. The Labute approximate surface area is 113 Å². The summed E-state index contributed by atoms with van der Waals surface area (Å²) in [5.41, 5.74) is -0.421. The normalized spacial score (nSPS) is 22.6. The molecular formula is C13H21N3OS.